The number of hydrogen-bond acceptors (Lipinski definition) is 3. The Hall–Kier alpha value is -2.79. The minimum atomic E-state index is -0.613. The molecule has 3 nitrogen and oxygen atoms in total. The maximum atomic E-state index is 13.8. The molecule has 0 saturated heterocycles. The lowest BCUT2D eigenvalue weighted by Crippen LogP contribution is -2.30. The molecular formula is C25H27F2N3. The third-order valence-electron chi connectivity index (χ3n) is 5.87. The van der Waals surface area contributed by atoms with Crippen LogP contribution in [0.1, 0.15) is 42.9 Å². The highest BCUT2D eigenvalue weighted by Gasteiger charge is 2.36. The molecule has 1 aliphatic heterocycles. The molecule has 0 amide bonds. The summed E-state index contributed by atoms with van der Waals surface area (Å²) >= 11 is 0. The van der Waals surface area contributed by atoms with Crippen molar-refractivity contribution >= 4 is 5.84 Å². The summed E-state index contributed by atoms with van der Waals surface area (Å²) in [5.41, 5.74) is 18.1. The molecule has 0 bridgehead atoms. The third-order valence-corrected chi connectivity index (χ3v) is 5.87. The van der Waals surface area contributed by atoms with Crippen molar-refractivity contribution in [2.75, 3.05) is 0 Å². The first-order valence-corrected chi connectivity index (χ1v) is 10.3. The Morgan fingerprint density at radius 1 is 0.967 bits per heavy atom. The van der Waals surface area contributed by atoms with E-state index in [1.807, 2.05) is 25.1 Å². The summed E-state index contributed by atoms with van der Waals surface area (Å²) < 4.78 is 27.5. The van der Waals surface area contributed by atoms with Gasteiger partial charge in [-0.25, -0.2) is 8.78 Å². The highest BCUT2D eigenvalue weighted by atomic mass is 19.1. The van der Waals surface area contributed by atoms with Crippen LogP contribution in [0.4, 0.5) is 8.78 Å². The molecule has 5 heteroatoms. The van der Waals surface area contributed by atoms with E-state index in [1.165, 1.54) is 34.4 Å². The van der Waals surface area contributed by atoms with Crippen molar-refractivity contribution in [3.63, 3.8) is 0 Å². The lowest BCUT2D eigenvalue weighted by Gasteiger charge is -2.29. The highest BCUT2D eigenvalue weighted by Crippen LogP contribution is 2.43. The van der Waals surface area contributed by atoms with Gasteiger partial charge < -0.3 is 11.5 Å². The molecule has 2 aromatic rings. The smallest absolute Gasteiger partial charge is 0.126 e. The topological polar surface area (TPSA) is 64.4 Å². The van der Waals surface area contributed by atoms with Crippen molar-refractivity contribution < 1.29 is 8.78 Å². The van der Waals surface area contributed by atoms with E-state index in [9.17, 15) is 8.78 Å². The molecule has 0 spiro atoms. The van der Waals surface area contributed by atoms with Crippen molar-refractivity contribution in [2.45, 2.75) is 51.1 Å². The van der Waals surface area contributed by atoms with E-state index in [2.05, 4.69) is 12.1 Å². The standard InChI is InChI=1S/C25H27F2N3/c1-25(14-19-9-21(26)13-22(27)10-19)23(20-6-7-20)11-18(12-24(29)30-25)8-16-2-4-17(15-28)5-3-16/h2-5,9-10,12-13H,6-8,11,14-15,28H2,1H3,(H2,29,30)/t25-/m1/s1. The second kappa shape index (κ2) is 8.15. The first-order chi connectivity index (χ1) is 14.3. The van der Waals surface area contributed by atoms with Crippen LogP contribution in [-0.4, -0.2) is 11.4 Å². The van der Waals surface area contributed by atoms with Crippen molar-refractivity contribution in [2.24, 2.45) is 16.5 Å². The highest BCUT2D eigenvalue weighted by molar-refractivity contribution is 5.93. The van der Waals surface area contributed by atoms with Crippen LogP contribution in [0.2, 0.25) is 0 Å². The minimum Gasteiger partial charge on any atom is -0.384 e. The third kappa shape index (κ3) is 4.68. The summed E-state index contributed by atoms with van der Waals surface area (Å²) in [7, 11) is 0. The van der Waals surface area contributed by atoms with E-state index in [-0.39, 0.29) is 0 Å². The van der Waals surface area contributed by atoms with Gasteiger partial charge in [0.15, 0.2) is 0 Å². The van der Waals surface area contributed by atoms with Crippen LogP contribution in [0.15, 0.2) is 70.3 Å². The molecule has 4 N–H and O–H groups in total. The molecule has 0 aromatic heterocycles. The van der Waals surface area contributed by atoms with Crippen LogP contribution in [0.5, 0.6) is 0 Å². The molecule has 1 heterocycles. The van der Waals surface area contributed by atoms with Gasteiger partial charge in [-0.05, 0) is 73.1 Å². The average molecular weight is 408 g/mol. The molecule has 1 fully saturated rings. The Bertz CT molecular complexity index is 1020. The van der Waals surface area contributed by atoms with E-state index < -0.39 is 17.2 Å². The fourth-order valence-corrected chi connectivity index (χ4v) is 4.36. The predicted octanol–water partition coefficient (Wildman–Crippen LogP) is 4.75. The van der Waals surface area contributed by atoms with E-state index in [0.717, 1.165) is 37.3 Å². The van der Waals surface area contributed by atoms with Crippen LogP contribution in [0.3, 0.4) is 0 Å². The average Bonchev–Trinajstić information content (AvgIpc) is 3.50. The Morgan fingerprint density at radius 2 is 1.60 bits per heavy atom. The van der Waals surface area contributed by atoms with Gasteiger partial charge in [-0.1, -0.05) is 35.4 Å². The second-order valence-corrected chi connectivity index (χ2v) is 8.52. The zero-order chi connectivity index (χ0) is 21.3. The molecule has 0 radical (unpaired) electrons. The number of benzene rings is 2. The van der Waals surface area contributed by atoms with Gasteiger partial charge in [-0.2, -0.15) is 0 Å². The molecule has 30 heavy (non-hydrogen) atoms. The normalized spacial score (nSPS) is 21.2. The van der Waals surface area contributed by atoms with Gasteiger partial charge in [0, 0.05) is 19.0 Å². The van der Waals surface area contributed by atoms with Crippen molar-refractivity contribution in [3.8, 4) is 0 Å². The fraction of sp³-hybridized carbons (Fsp3) is 0.320. The van der Waals surface area contributed by atoms with Crippen molar-refractivity contribution in [1.29, 1.82) is 0 Å². The number of allylic oxidation sites excluding steroid dienone is 2. The summed E-state index contributed by atoms with van der Waals surface area (Å²) in [5.74, 6) is -0.682. The van der Waals surface area contributed by atoms with Crippen LogP contribution < -0.4 is 11.5 Å². The molecule has 1 aliphatic carbocycles. The number of halogens is 2. The Balaban J connectivity index is 1.62. The second-order valence-electron chi connectivity index (χ2n) is 8.52. The van der Waals surface area contributed by atoms with Crippen LogP contribution in [0.25, 0.3) is 0 Å². The van der Waals surface area contributed by atoms with Crippen molar-refractivity contribution in [1.82, 2.24) is 0 Å². The number of hydrogen-bond donors (Lipinski definition) is 2. The van der Waals surface area contributed by atoms with Crippen LogP contribution in [-0.2, 0) is 19.4 Å². The van der Waals surface area contributed by atoms with Gasteiger partial charge >= 0.3 is 0 Å². The van der Waals surface area contributed by atoms with Crippen molar-refractivity contribution in [3.05, 3.63) is 93.6 Å². The lowest BCUT2D eigenvalue weighted by molar-refractivity contribution is 0.527. The Labute approximate surface area is 176 Å². The molecule has 2 aliphatic rings. The minimum absolute atomic E-state index is 0.410. The number of nitrogens with two attached hydrogens (primary N) is 2. The molecule has 4 rings (SSSR count). The fourth-order valence-electron chi connectivity index (χ4n) is 4.36. The van der Waals surface area contributed by atoms with Gasteiger partial charge in [-0.3, -0.25) is 4.99 Å². The lowest BCUT2D eigenvalue weighted by atomic mass is 9.81. The zero-order valence-electron chi connectivity index (χ0n) is 17.2. The van der Waals surface area contributed by atoms with Gasteiger partial charge in [0.25, 0.3) is 0 Å². The molecule has 0 unspecified atom stereocenters. The Morgan fingerprint density at radius 3 is 2.20 bits per heavy atom. The summed E-state index contributed by atoms with van der Waals surface area (Å²) in [6.07, 6.45) is 6.02. The summed E-state index contributed by atoms with van der Waals surface area (Å²) in [6, 6.07) is 12.0. The van der Waals surface area contributed by atoms with E-state index in [4.69, 9.17) is 16.5 Å². The Kier molecular flexibility index (Phi) is 5.56. The molecule has 1 saturated carbocycles. The maximum Gasteiger partial charge on any atom is 0.126 e. The number of aliphatic imine (C=N–C) groups is 1. The largest absolute Gasteiger partial charge is 0.384 e. The zero-order valence-corrected chi connectivity index (χ0v) is 17.2. The summed E-state index contributed by atoms with van der Waals surface area (Å²) in [6.45, 7) is 2.55. The summed E-state index contributed by atoms with van der Waals surface area (Å²) in [5, 5.41) is 0. The first kappa shape index (κ1) is 20.5. The quantitative estimate of drug-likeness (QED) is 0.703. The van der Waals surface area contributed by atoms with Crippen LogP contribution in [0, 0.1) is 11.6 Å². The maximum absolute atomic E-state index is 13.8. The number of nitrogens with zero attached hydrogens (tertiary/aromatic N) is 1. The predicted molar refractivity (Wildman–Crippen MR) is 117 cm³/mol. The molecule has 2 aromatic carbocycles. The van der Waals surface area contributed by atoms with Gasteiger partial charge in [0.1, 0.15) is 17.5 Å². The first-order valence-electron chi connectivity index (χ1n) is 10.3. The molecular weight excluding hydrogens is 380 g/mol. The van der Waals surface area contributed by atoms with Gasteiger partial charge in [-0.15, -0.1) is 0 Å². The van der Waals surface area contributed by atoms with E-state index >= 15 is 0 Å². The monoisotopic (exact) mass is 407 g/mol. The van der Waals surface area contributed by atoms with E-state index in [1.54, 1.807) is 0 Å². The molecule has 156 valence electrons. The summed E-state index contributed by atoms with van der Waals surface area (Å²) in [4.78, 5) is 4.82. The van der Waals surface area contributed by atoms with Crippen LogP contribution >= 0.6 is 0 Å². The SMILES string of the molecule is C[C@]1(Cc2cc(F)cc(F)c2)N=C(N)C=C(Cc2ccc(CN)cc2)CC1=C1CC1. The molecule has 1 atom stereocenters. The number of amidine groups is 1. The number of rotatable bonds is 5. The van der Waals surface area contributed by atoms with E-state index in [0.29, 0.717) is 24.4 Å². The van der Waals surface area contributed by atoms with Gasteiger partial charge in [0.2, 0.25) is 0 Å². The van der Waals surface area contributed by atoms with Gasteiger partial charge in [0.05, 0.1) is 5.54 Å².